The lowest BCUT2D eigenvalue weighted by molar-refractivity contribution is 0.303. The molecule has 4 rings (SSSR count). The third-order valence-electron chi connectivity index (χ3n) is 7.87. The van der Waals surface area contributed by atoms with E-state index in [9.17, 15) is 8.78 Å². The summed E-state index contributed by atoms with van der Waals surface area (Å²) >= 11 is 0. The second-order valence-corrected chi connectivity index (χ2v) is 9.83. The maximum Gasteiger partial charge on any atom is 0.166 e. The summed E-state index contributed by atoms with van der Waals surface area (Å²) in [7, 11) is 0. The number of hydrogen-bond acceptors (Lipinski definition) is 0. The van der Waals surface area contributed by atoms with Gasteiger partial charge in [0.1, 0.15) is 0 Å². The fraction of sp³-hybridized carbons (Fsp3) is 0.517. The van der Waals surface area contributed by atoms with Crippen molar-refractivity contribution in [1.29, 1.82) is 0 Å². The zero-order chi connectivity index (χ0) is 23.5. The molecule has 0 amide bonds. The minimum Gasteiger partial charge on any atom is -0.203 e. The van der Waals surface area contributed by atoms with Crippen molar-refractivity contribution in [3.05, 3.63) is 75.9 Å². The molecular formula is C29H34F4. The number of halogens is 4. The highest BCUT2D eigenvalue weighted by Crippen LogP contribution is 2.42. The van der Waals surface area contributed by atoms with Crippen LogP contribution >= 0.6 is 0 Å². The van der Waals surface area contributed by atoms with E-state index in [4.69, 9.17) is 0 Å². The molecule has 1 unspecified atom stereocenters. The molecule has 33 heavy (non-hydrogen) atoms. The van der Waals surface area contributed by atoms with Crippen LogP contribution in [0.5, 0.6) is 0 Å². The molecule has 0 aromatic heterocycles. The minimum absolute atomic E-state index is 0.0929. The van der Waals surface area contributed by atoms with E-state index in [1.807, 2.05) is 6.08 Å². The van der Waals surface area contributed by atoms with Gasteiger partial charge in [-0.25, -0.2) is 17.6 Å². The summed E-state index contributed by atoms with van der Waals surface area (Å²) < 4.78 is 58.9. The second-order valence-electron chi connectivity index (χ2n) is 9.83. The first-order chi connectivity index (χ1) is 15.9. The molecule has 0 aliphatic heterocycles. The summed E-state index contributed by atoms with van der Waals surface area (Å²) in [4.78, 5) is 0. The highest BCUT2D eigenvalue weighted by atomic mass is 19.2. The monoisotopic (exact) mass is 458 g/mol. The van der Waals surface area contributed by atoms with Gasteiger partial charge >= 0.3 is 0 Å². The normalized spacial score (nSPS) is 23.5. The fourth-order valence-electron chi connectivity index (χ4n) is 5.85. The number of aryl methyl sites for hydroxylation is 1. The summed E-state index contributed by atoms with van der Waals surface area (Å²) in [6, 6.07) is 6.81. The predicted molar refractivity (Wildman–Crippen MR) is 126 cm³/mol. The Hall–Kier alpha value is -2.10. The highest BCUT2D eigenvalue weighted by Gasteiger charge is 2.28. The van der Waals surface area contributed by atoms with Crippen molar-refractivity contribution >= 4 is 5.57 Å². The van der Waals surface area contributed by atoms with Crippen LogP contribution in [0, 0.1) is 29.2 Å². The first kappa shape index (κ1) is 24.0. The van der Waals surface area contributed by atoms with Crippen molar-refractivity contribution in [2.75, 3.05) is 0 Å². The van der Waals surface area contributed by atoms with E-state index >= 15 is 8.78 Å². The van der Waals surface area contributed by atoms with Gasteiger partial charge in [-0.1, -0.05) is 57.0 Å². The van der Waals surface area contributed by atoms with Gasteiger partial charge in [0.25, 0.3) is 0 Å². The number of allylic oxidation sites excluding steroid dienone is 2. The van der Waals surface area contributed by atoms with Gasteiger partial charge in [-0.3, -0.25) is 0 Å². The Morgan fingerprint density at radius 3 is 2.03 bits per heavy atom. The summed E-state index contributed by atoms with van der Waals surface area (Å²) in [5.41, 5.74) is 2.32. The van der Waals surface area contributed by atoms with Crippen molar-refractivity contribution in [3.63, 3.8) is 0 Å². The summed E-state index contributed by atoms with van der Waals surface area (Å²) in [6.45, 7) is 3.99. The van der Waals surface area contributed by atoms with Gasteiger partial charge in [-0.2, -0.15) is 0 Å². The van der Waals surface area contributed by atoms with Crippen LogP contribution in [-0.4, -0.2) is 0 Å². The van der Waals surface area contributed by atoms with Crippen molar-refractivity contribution in [3.8, 4) is 0 Å². The number of hydrogen-bond donors (Lipinski definition) is 0. The molecule has 0 spiro atoms. The van der Waals surface area contributed by atoms with Gasteiger partial charge in [-0.15, -0.1) is 0 Å². The summed E-state index contributed by atoms with van der Waals surface area (Å²) in [6.07, 6.45) is 10.3. The Kier molecular flexibility index (Phi) is 7.61. The van der Waals surface area contributed by atoms with Gasteiger partial charge in [0.15, 0.2) is 23.3 Å². The van der Waals surface area contributed by atoms with E-state index in [2.05, 4.69) is 6.92 Å². The fourth-order valence-corrected chi connectivity index (χ4v) is 5.85. The predicted octanol–water partition coefficient (Wildman–Crippen LogP) is 9.23. The SMILES string of the molecule is CCCC1CCC(c2ccc(C3=CCC(c4ccc(CC)c(F)c4F)CC3)c(F)c2F)CC1. The standard InChI is InChI=1S/C29H34F4/c1-3-5-18-6-8-20(9-7-18)24-16-17-25(29(33)28(24)32)22-12-10-21(11-13-22)23-15-14-19(4-2)26(30)27(23)31/h12,14-18,20-21H,3-11,13H2,1-2H3. The van der Waals surface area contributed by atoms with Crippen molar-refractivity contribution in [2.24, 2.45) is 5.92 Å². The Balaban J connectivity index is 1.49. The Morgan fingerprint density at radius 2 is 1.39 bits per heavy atom. The maximum atomic E-state index is 15.1. The average molecular weight is 459 g/mol. The first-order valence-electron chi connectivity index (χ1n) is 12.6. The van der Waals surface area contributed by atoms with Crippen LogP contribution in [0.2, 0.25) is 0 Å². The molecule has 1 atom stereocenters. The van der Waals surface area contributed by atoms with E-state index in [0.29, 0.717) is 47.9 Å². The van der Waals surface area contributed by atoms with Crippen LogP contribution in [-0.2, 0) is 6.42 Å². The van der Waals surface area contributed by atoms with Crippen LogP contribution in [0.15, 0.2) is 30.3 Å². The molecule has 0 nitrogen and oxygen atoms in total. The Morgan fingerprint density at radius 1 is 0.727 bits per heavy atom. The molecule has 178 valence electrons. The van der Waals surface area contributed by atoms with E-state index < -0.39 is 23.3 Å². The van der Waals surface area contributed by atoms with Crippen LogP contribution in [0.1, 0.15) is 106 Å². The third kappa shape index (κ3) is 4.90. The molecule has 0 N–H and O–H groups in total. The molecular weight excluding hydrogens is 424 g/mol. The third-order valence-corrected chi connectivity index (χ3v) is 7.87. The maximum absolute atomic E-state index is 15.1. The molecule has 1 saturated carbocycles. The highest BCUT2D eigenvalue weighted by molar-refractivity contribution is 5.67. The lowest BCUT2D eigenvalue weighted by Crippen LogP contribution is -2.15. The van der Waals surface area contributed by atoms with Crippen LogP contribution in [0.25, 0.3) is 5.57 Å². The molecule has 2 aliphatic rings. The Labute approximate surface area is 195 Å². The molecule has 2 aromatic rings. The zero-order valence-corrected chi connectivity index (χ0v) is 19.7. The largest absolute Gasteiger partial charge is 0.203 e. The molecule has 0 heterocycles. The lowest BCUT2D eigenvalue weighted by Gasteiger charge is -2.29. The number of benzene rings is 2. The molecule has 1 fully saturated rings. The molecule has 0 saturated heterocycles. The molecule has 2 aromatic carbocycles. The molecule has 0 radical (unpaired) electrons. The van der Waals surface area contributed by atoms with Crippen molar-refractivity contribution < 1.29 is 17.6 Å². The summed E-state index contributed by atoms with van der Waals surface area (Å²) in [5, 5.41) is 0. The van der Waals surface area contributed by atoms with E-state index in [-0.39, 0.29) is 11.8 Å². The van der Waals surface area contributed by atoms with Gasteiger partial charge < -0.3 is 0 Å². The van der Waals surface area contributed by atoms with E-state index in [1.165, 1.54) is 12.8 Å². The topological polar surface area (TPSA) is 0 Å². The van der Waals surface area contributed by atoms with E-state index in [1.54, 1.807) is 31.2 Å². The molecule has 0 bridgehead atoms. The zero-order valence-electron chi connectivity index (χ0n) is 19.7. The van der Waals surface area contributed by atoms with Crippen LogP contribution in [0.3, 0.4) is 0 Å². The van der Waals surface area contributed by atoms with Gasteiger partial charge in [0.2, 0.25) is 0 Å². The lowest BCUT2D eigenvalue weighted by atomic mass is 9.76. The van der Waals surface area contributed by atoms with Crippen LogP contribution < -0.4 is 0 Å². The van der Waals surface area contributed by atoms with E-state index in [0.717, 1.165) is 37.2 Å². The minimum atomic E-state index is -0.772. The van der Waals surface area contributed by atoms with Crippen LogP contribution in [0.4, 0.5) is 17.6 Å². The Bertz CT molecular complexity index is 1010. The smallest absolute Gasteiger partial charge is 0.166 e. The molecule has 4 heteroatoms. The average Bonchev–Trinajstić information content (AvgIpc) is 2.84. The first-order valence-corrected chi connectivity index (χ1v) is 12.6. The van der Waals surface area contributed by atoms with Gasteiger partial charge in [0.05, 0.1) is 0 Å². The quantitative estimate of drug-likeness (QED) is 0.378. The summed E-state index contributed by atoms with van der Waals surface area (Å²) in [5.74, 6) is -2.36. The second kappa shape index (κ2) is 10.4. The van der Waals surface area contributed by atoms with Crippen molar-refractivity contribution in [1.82, 2.24) is 0 Å². The molecule has 2 aliphatic carbocycles. The van der Waals surface area contributed by atoms with Crippen molar-refractivity contribution in [2.45, 2.75) is 89.9 Å². The number of rotatable bonds is 6. The van der Waals surface area contributed by atoms with Gasteiger partial charge in [0, 0.05) is 5.56 Å². The van der Waals surface area contributed by atoms with Gasteiger partial charge in [-0.05, 0) is 91.4 Å².